The third-order valence-corrected chi connectivity index (χ3v) is 11.8. The fraction of sp³-hybridized carbons (Fsp3) is 0.828. The molecule has 4 aliphatic carbocycles. The molecule has 7 nitrogen and oxygen atoms in total. The molecule has 0 aromatic rings. The van der Waals surface area contributed by atoms with E-state index in [0.29, 0.717) is 30.6 Å². The highest BCUT2D eigenvalue weighted by Crippen LogP contribution is 2.68. The van der Waals surface area contributed by atoms with Gasteiger partial charge in [0.25, 0.3) is 0 Å². The summed E-state index contributed by atoms with van der Waals surface area (Å²) in [6.45, 7) is 18.3. The zero-order valence-electron chi connectivity index (χ0n) is 25.4. The van der Waals surface area contributed by atoms with Gasteiger partial charge in [0.1, 0.15) is 31.3 Å². The lowest BCUT2D eigenvalue weighted by atomic mass is 9.46. The van der Waals surface area contributed by atoms with E-state index in [2.05, 4.69) is 69.5 Å². The predicted molar refractivity (Wildman–Crippen MR) is 157 cm³/mol. The van der Waals surface area contributed by atoms with Crippen molar-refractivity contribution in [3.8, 4) is 0 Å². The zero-order chi connectivity index (χ0) is 28.1. The van der Waals surface area contributed by atoms with Gasteiger partial charge in [-0.15, -0.1) is 0 Å². The van der Waals surface area contributed by atoms with Crippen LogP contribution in [0, 0.1) is 28.6 Å². The van der Waals surface area contributed by atoms with E-state index in [4.69, 9.17) is 18.5 Å². The third kappa shape index (κ3) is 5.13. The Kier molecular flexibility index (Phi) is 8.02. The molecule has 0 bridgehead atoms. The van der Waals surface area contributed by atoms with Crippen molar-refractivity contribution in [3.63, 3.8) is 0 Å². The molecule has 38 heavy (non-hydrogen) atoms. The highest BCUT2D eigenvalue weighted by molar-refractivity contribution is 6.70. The molecule has 0 amide bonds. The summed E-state index contributed by atoms with van der Waals surface area (Å²) in [4.78, 5) is 24.9. The summed E-state index contributed by atoms with van der Waals surface area (Å²) in [5.41, 5.74) is 2.11. The summed E-state index contributed by atoms with van der Waals surface area (Å²) in [5, 5.41) is 8.83. The van der Waals surface area contributed by atoms with Crippen molar-refractivity contribution < 1.29 is 23.3 Å². The van der Waals surface area contributed by atoms with Crippen LogP contribution in [0.4, 0.5) is 0 Å². The number of rotatable bonds is 8. The molecule has 0 aromatic heterocycles. The van der Waals surface area contributed by atoms with E-state index in [1.54, 1.807) is 14.2 Å². The molecule has 0 saturated heterocycles. The fourth-order valence-corrected chi connectivity index (χ4v) is 10.5. The zero-order valence-corrected chi connectivity index (χ0v) is 27.4. The van der Waals surface area contributed by atoms with Crippen LogP contribution in [-0.2, 0) is 23.3 Å². The van der Waals surface area contributed by atoms with Crippen LogP contribution in [0.25, 0.3) is 0 Å². The molecule has 0 unspecified atom stereocenters. The van der Waals surface area contributed by atoms with Crippen molar-refractivity contribution >= 4 is 33.8 Å². The van der Waals surface area contributed by atoms with E-state index in [9.17, 15) is 4.79 Å². The van der Waals surface area contributed by atoms with E-state index >= 15 is 0 Å². The van der Waals surface area contributed by atoms with Crippen LogP contribution >= 0.6 is 0 Å². The van der Waals surface area contributed by atoms with Crippen LogP contribution in [-0.4, -0.2) is 60.3 Å². The van der Waals surface area contributed by atoms with Gasteiger partial charge in [0.15, 0.2) is 16.6 Å². The molecule has 3 fully saturated rings. The molecule has 4 rings (SSSR count). The maximum atomic E-state index is 14.4. The number of carbonyl (C=O) groups excluding carboxylic acids is 1. The van der Waals surface area contributed by atoms with Gasteiger partial charge in [-0.1, -0.05) is 29.7 Å². The molecule has 0 spiro atoms. The maximum Gasteiger partial charge on any atom is 0.185 e. The normalized spacial score (nSPS) is 38.8. The lowest BCUT2D eigenvalue weighted by Crippen LogP contribution is -2.64. The summed E-state index contributed by atoms with van der Waals surface area (Å²) in [5.74, 6) is 1.18. The Hall–Kier alpha value is -1.30. The molecule has 3 saturated carbocycles. The minimum atomic E-state index is -2.03. The van der Waals surface area contributed by atoms with Gasteiger partial charge < -0.3 is 18.5 Å². The maximum absolute atomic E-state index is 14.4. The van der Waals surface area contributed by atoms with Crippen molar-refractivity contribution in [2.75, 3.05) is 20.8 Å². The average molecular weight is 563 g/mol. The summed E-state index contributed by atoms with van der Waals surface area (Å²) in [7, 11) is -0.641. The van der Waals surface area contributed by atoms with Crippen LogP contribution in [0.3, 0.4) is 0 Å². The van der Waals surface area contributed by atoms with Gasteiger partial charge in [-0.25, -0.2) is 0 Å². The minimum absolute atomic E-state index is 0.0494. The number of fused-ring (bicyclic) bond motifs is 5. The lowest BCUT2D eigenvalue weighted by molar-refractivity contribution is -0.150. The monoisotopic (exact) mass is 562 g/mol. The summed E-state index contributed by atoms with van der Waals surface area (Å²) < 4.78 is 13.6. The van der Waals surface area contributed by atoms with Gasteiger partial charge in [-0.05, 0) is 101 Å². The Labute approximate surface area is 232 Å². The molecular weight excluding hydrogens is 513 g/mol. The Morgan fingerprint density at radius 3 is 2.32 bits per heavy atom. The molecular formula is C29H50N2O5Si2. The van der Waals surface area contributed by atoms with Gasteiger partial charge >= 0.3 is 0 Å². The van der Waals surface area contributed by atoms with E-state index in [1.807, 2.05) is 0 Å². The van der Waals surface area contributed by atoms with E-state index in [-0.39, 0.29) is 16.7 Å². The average Bonchev–Trinajstić information content (AvgIpc) is 3.07. The molecule has 0 heterocycles. The predicted octanol–water partition coefficient (Wildman–Crippen LogP) is 6.57. The first kappa shape index (κ1) is 29.7. The van der Waals surface area contributed by atoms with Crippen LogP contribution in [0.2, 0.25) is 39.3 Å². The van der Waals surface area contributed by atoms with Crippen molar-refractivity contribution in [3.05, 3.63) is 11.6 Å². The first-order valence-electron chi connectivity index (χ1n) is 14.4. The molecule has 9 heteroatoms. The largest absolute Gasteiger partial charge is 0.412 e. The lowest BCUT2D eigenvalue weighted by Gasteiger charge is -2.59. The van der Waals surface area contributed by atoms with E-state index in [0.717, 1.165) is 49.9 Å². The van der Waals surface area contributed by atoms with Gasteiger partial charge in [0.05, 0.1) is 12.3 Å². The van der Waals surface area contributed by atoms with E-state index in [1.165, 1.54) is 5.57 Å². The number of oxime groups is 2. The second-order valence-corrected chi connectivity index (χ2v) is 23.3. The molecule has 0 aliphatic heterocycles. The minimum Gasteiger partial charge on any atom is -0.412 e. The second-order valence-electron chi connectivity index (χ2n) is 14.4. The summed E-state index contributed by atoms with van der Waals surface area (Å²) in [6, 6.07) is 0. The summed E-state index contributed by atoms with van der Waals surface area (Å²) in [6.07, 6.45) is 8.48. The highest BCUT2D eigenvalue weighted by atomic mass is 28.4. The topological polar surface area (TPSA) is 78.7 Å². The van der Waals surface area contributed by atoms with Crippen molar-refractivity contribution in [2.45, 2.75) is 104 Å². The van der Waals surface area contributed by atoms with Gasteiger partial charge in [0.2, 0.25) is 0 Å². The number of allylic oxidation sites excluding steroid dienone is 2. The second kappa shape index (κ2) is 10.3. The smallest absolute Gasteiger partial charge is 0.185 e. The SMILES string of the molecule is CO/N=C1\C=C2CC[C@@H]3[C@H](C(=O)C[C@@]4(C)[C@H]3CC[C@]4(O[Si](C)(C)C)/C(CO[Si](C)(C)C)=N\OC)[C@@]2(C)CC1. The van der Waals surface area contributed by atoms with Gasteiger partial charge in [0, 0.05) is 17.8 Å². The third-order valence-electron chi connectivity index (χ3n) is 9.79. The highest BCUT2D eigenvalue weighted by Gasteiger charge is 2.69. The Morgan fingerprint density at radius 2 is 1.71 bits per heavy atom. The van der Waals surface area contributed by atoms with E-state index < -0.39 is 22.2 Å². The number of nitrogens with zero attached hydrogens (tertiary/aromatic N) is 2. The number of hydrogen-bond acceptors (Lipinski definition) is 7. The Morgan fingerprint density at radius 1 is 1.00 bits per heavy atom. The van der Waals surface area contributed by atoms with Crippen molar-refractivity contribution in [1.82, 2.24) is 0 Å². The molecule has 214 valence electrons. The molecule has 4 aliphatic rings. The Balaban J connectivity index is 1.76. The molecule has 6 atom stereocenters. The molecule has 0 aromatic carbocycles. The fourth-order valence-electron chi connectivity index (χ4n) is 8.41. The van der Waals surface area contributed by atoms with Crippen LogP contribution < -0.4 is 0 Å². The van der Waals surface area contributed by atoms with Crippen LogP contribution in [0.1, 0.15) is 58.8 Å². The molecule has 0 N–H and O–H groups in total. The molecule has 0 radical (unpaired) electrons. The van der Waals surface area contributed by atoms with Gasteiger partial charge in [-0.2, -0.15) is 0 Å². The van der Waals surface area contributed by atoms with Crippen molar-refractivity contribution in [2.24, 2.45) is 38.9 Å². The van der Waals surface area contributed by atoms with Crippen LogP contribution in [0.15, 0.2) is 22.0 Å². The van der Waals surface area contributed by atoms with Gasteiger partial charge in [-0.3, -0.25) is 4.79 Å². The quantitative estimate of drug-likeness (QED) is 0.190. The number of hydrogen-bond donors (Lipinski definition) is 0. The number of carbonyl (C=O) groups is 1. The number of Topliss-reactive ketones (excluding diaryl/α,β-unsaturated/α-hetero) is 1. The Bertz CT molecular complexity index is 1030. The van der Waals surface area contributed by atoms with Crippen LogP contribution in [0.5, 0.6) is 0 Å². The first-order chi connectivity index (χ1) is 17.6. The summed E-state index contributed by atoms with van der Waals surface area (Å²) >= 11 is 0. The standard InChI is InChI=1S/C29H50N2O5Si2/c1-27-15-13-21(30-33-3)17-20(27)11-12-22-23-14-16-29(36-38(8,9)10,28(23,2)18-24(32)26(22)27)25(31-34-4)19-35-37(5,6)7/h17,22-23,26H,11-16,18-19H2,1-10H3/b30-21-,31-25-/t22-,23-,26+,27-,28-,29-/m0/s1. The van der Waals surface area contributed by atoms with Crippen molar-refractivity contribution in [1.29, 1.82) is 0 Å². The number of ketones is 1. The first-order valence-corrected chi connectivity index (χ1v) is 21.2.